The highest BCUT2D eigenvalue weighted by molar-refractivity contribution is 5.98. The summed E-state index contributed by atoms with van der Waals surface area (Å²) in [5, 5.41) is 0.324. The molecule has 30 heavy (non-hydrogen) atoms. The normalized spacial score (nSPS) is 14.9. The molecule has 0 atom stereocenters. The van der Waals surface area contributed by atoms with Gasteiger partial charge in [-0.15, -0.1) is 0 Å². The molecule has 4 rings (SSSR count). The van der Waals surface area contributed by atoms with Crippen molar-refractivity contribution in [3.8, 4) is 0 Å². The minimum Gasteiger partial charge on any atom is -0.399 e. The van der Waals surface area contributed by atoms with Crippen molar-refractivity contribution in [1.82, 2.24) is 14.8 Å². The lowest BCUT2D eigenvalue weighted by Crippen LogP contribution is -2.50. The van der Waals surface area contributed by atoms with Gasteiger partial charge in [0.05, 0.1) is 5.56 Å². The van der Waals surface area contributed by atoms with E-state index >= 15 is 0 Å². The second kappa shape index (κ2) is 7.40. The lowest BCUT2D eigenvalue weighted by Gasteiger charge is -2.34. The van der Waals surface area contributed by atoms with Crippen LogP contribution in [-0.4, -0.2) is 52.8 Å². The highest BCUT2D eigenvalue weighted by Gasteiger charge is 2.31. The number of H-pyrrole nitrogens is 1. The number of anilines is 1. The summed E-state index contributed by atoms with van der Waals surface area (Å²) in [4.78, 5) is 31.5. The van der Waals surface area contributed by atoms with Crippen molar-refractivity contribution >= 4 is 28.4 Å². The summed E-state index contributed by atoms with van der Waals surface area (Å²) in [6.45, 7) is 1.41. The molecular weight excluding hydrogens is 397 g/mol. The molecule has 0 spiro atoms. The smallest absolute Gasteiger partial charge is 0.399 e. The summed E-state index contributed by atoms with van der Waals surface area (Å²) in [5.74, 6) is -0.438. The molecule has 1 aromatic heterocycles. The van der Waals surface area contributed by atoms with E-state index in [0.717, 1.165) is 12.1 Å². The standard InChI is InChI=1S/C21H19F3N4O2/c22-21(23,24)15-3-6-17-14(11-15)12-18(26-17)20(30)28-9-7-27(8-10-28)19(29)13-1-4-16(25)5-2-13/h1-6,11-12,26H,7-10,25H2. The number of nitrogens with zero attached hydrogens (tertiary/aromatic N) is 2. The van der Waals surface area contributed by atoms with Crippen LogP contribution in [-0.2, 0) is 6.18 Å². The molecule has 156 valence electrons. The summed E-state index contributed by atoms with van der Waals surface area (Å²) in [6, 6.07) is 11.4. The molecule has 3 N–H and O–H groups in total. The van der Waals surface area contributed by atoms with Crippen molar-refractivity contribution in [3.63, 3.8) is 0 Å². The van der Waals surface area contributed by atoms with Gasteiger partial charge in [0.25, 0.3) is 11.8 Å². The fraction of sp³-hybridized carbons (Fsp3) is 0.238. The minimum absolute atomic E-state index is 0.132. The Balaban J connectivity index is 1.44. The number of benzene rings is 2. The zero-order chi connectivity index (χ0) is 21.5. The Bertz CT molecular complexity index is 1100. The Hall–Kier alpha value is -3.49. The minimum atomic E-state index is -4.44. The molecule has 0 unspecified atom stereocenters. The number of aromatic amines is 1. The van der Waals surface area contributed by atoms with Gasteiger partial charge in [-0.2, -0.15) is 13.2 Å². The van der Waals surface area contributed by atoms with Gasteiger partial charge in [-0.25, -0.2) is 0 Å². The number of nitrogens with two attached hydrogens (primary N) is 1. The number of alkyl halides is 3. The van der Waals surface area contributed by atoms with E-state index in [1.165, 1.54) is 12.1 Å². The first-order chi connectivity index (χ1) is 14.2. The molecule has 2 amide bonds. The Kier molecular flexibility index (Phi) is 4.89. The predicted molar refractivity (Wildman–Crippen MR) is 106 cm³/mol. The number of rotatable bonds is 2. The van der Waals surface area contributed by atoms with Crippen molar-refractivity contribution in [2.45, 2.75) is 6.18 Å². The van der Waals surface area contributed by atoms with Crippen molar-refractivity contribution in [2.75, 3.05) is 31.9 Å². The maximum absolute atomic E-state index is 12.9. The van der Waals surface area contributed by atoms with E-state index in [4.69, 9.17) is 5.73 Å². The lowest BCUT2D eigenvalue weighted by molar-refractivity contribution is -0.137. The Morgan fingerprint density at radius 2 is 1.47 bits per heavy atom. The van der Waals surface area contributed by atoms with Gasteiger partial charge in [-0.05, 0) is 48.5 Å². The first-order valence-corrected chi connectivity index (χ1v) is 9.36. The van der Waals surface area contributed by atoms with E-state index in [-0.39, 0.29) is 17.5 Å². The number of fused-ring (bicyclic) bond motifs is 1. The van der Waals surface area contributed by atoms with Crippen LogP contribution in [0.2, 0.25) is 0 Å². The van der Waals surface area contributed by atoms with Crippen LogP contribution in [0, 0.1) is 0 Å². The third-order valence-electron chi connectivity index (χ3n) is 5.19. The summed E-state index contributed by atoms with van der Waals surface area (Å²) < 4.78 is 38.7. The van der Waals surface area contributed by atoms with Crippen molar-refractivity contribution < 1.29 is 22.8 Å². The van der Waals surface area contributed by atoms with E-state index in [1.807, 2.05) is 0 Å². The molecule has 0 aliphatic carbocycles. The van der Waals surface area contributed by atoms with Crippen LogP contribution < -0.4 is 5.73 Å². The summed E-state index contributed by atoms with van der Waals surface area (Å²) in [5.41, 5.74) is 6.67. The van der Waals surface area contributed by atoms with Crippen LogP contribution in [0.25, 0.3) is 10.9 Å². The molecular formula is C21H19F3N4O2. The molecule has 0 saturated carbocycles. The summed E-state index contributed by atoms with van der Waals surface area (Å²) >= 11 is 0. The second-order valence-electron chi connectivity index (χ2n) is 7.19. The van der Waals surface area contributed by atoms with Crippen LogP contribution in [0.5, 0.6) is 0 Å². The quantitative estimate of drug-likeness (QED) is 0.629. The Morgan fingerprint density at radius 1 is 0.867 bits per heavy atom. The monoisotopic (exact) mass is 416 g/mol. The van der Waals surface area contributed by atoms with Crippen LogP contribution >= 0.6 is 0 Å². The molecule has 1 aliphatic rings. The first kappa shape index (κ1) is 19.8. The topological polar surface area (TPSA) is 82.4 Å². The summed E-state index contributed by atoms with van der Waals surface area (Å²) in [7, 11) is 0. The number of aromatic nitrogens is 1. The predicted octanol–water partition coefficient (Wildman–Crippen LogP) is 3.37. The fourth-order valence-corrected chi connectivity index (χ4v) is 3.52. The van der Waals surface area contributed by atoms with Crippen LogP contribution in [0.4, 0.5) is 18.9 Å². The maximum atomic E-state index is 12.9. The molecule has 1 fully saturated rings. The third-order valence-corrected chi connectivity index (χ3v) is 5.19. The van der Waals surface area contributed by atoms with Gasteiger partial charge in [-0.3, -0.25) is 9.59 Å². The maximum Gasteiger partial charge on any atom is 0.416 e. The molecule has 2 aromatic carbocycles. The molecule has 0 bridgehead atoms. The number of halogens is 3. The molecule has 2 heterocycles. The first-order valence-electron chi connectivity index (χ1n) is 9.36. The number of amides is 2. The number of carbonyl (C=O) groups is 2. The van der Waals surface area contributed by atoms with Crippen molar-refractivity contribution in [1.29, 1.82) is 0 Å². The zero-order valence-electron chi connectivity index (χ0n) is 15.9. The van der Waals surface area contributed by atoms with Crippen molar-refractivity contribution in [2.24, 2.45) is 0 Å². The van der Waals surface area contributed by atoms with Crippen LogP contribution in [0.3, 0.4) is 0 Å². The van der Waals surface area contributed by atoms with Crippen LogP contribution in [0.15, 0.2) is 48.5 Å². The van der Waals surface area contributed by atoms with Gasteiger partial charge in [0.2, 0.25) is 0 Å². The third kappa shape index (κ3) is 3.83. The van der Waals surface area contributed by atoms with E-state index < -0.39 is 11.7 Å². The van der Waals surface area contributed by atoms with Gasteiger partial charge in [0, 0.05) is 48.3 Å². The highest BCUT2D eigenvalue weighted by Crippen LogP contribution is 2.31. The molecule has 3 aromatic rings. The number of hydrogen-bond donors (Lipinski definition) is 2. The van der Waals surface area contributed by atoms with Gasteiger partial charge >= 0.3 is 6.18 Å². The van der Waals surface area contributed by atoms with E-state index in [9.17, 15) is 22.8 Å². The van der Waals surface area contributed by atoms with E-state index in [1.54, 1.807) is 34.1 Å². The van der Waals surface area contributed by atoms with E-state index in [0.29, 0.717) is 48.3 Å². The number of hydrogen-bond acceptors (Lipinski definition) is 3. The number of nitrogens with one attached hydrogen (secondary N) is 1. The Morgan fingerprint density at radius 3 is 2.07 bits per heavy atom. The number of nitrogen functional groups attached to an aromatic ring is 1. The van der Waals surface area contributed by atoms with Gasteiger partial charge < -0.3 is 20.5 Å². The zero-order valence-corrected chi connectivity index (χ0v) is 15.9. The molecule has 1 saturated heterocycles. The Labute approximate surface area is 170 Å². The molecule has 1 aliphatic heterocycles. The largest absolute Gasteiger partial charge is 0.416 e. The number of carbonyl (C=O) groups excluding carboxylic acids is 2. The number of piperazine rings is 1. The van der Waals surface area contributed by atoms with Gasteiger partial charge in [0.15, 0.2) is 0 Å². The molecule has 6 nitrogen and oxygen atoms in total. The average Bonchev–Trinajstić information content (AvgIpc) is 3.16. The van der Waals surface area contributed by atoms with E-state index in [2.05, 4.69) is 4.98 Å². The SMILES string of the molecule is Nc1ccc(C(=O)N2CCN(C(=O)c3cc4cc(C(F)(F)F)ccc4[nH]3)CC2)cc1. The van der Waals surface area contributed by atoms with Crippen LogP contribution in [0.1, 0.15) is 26.4 Å². The fourth-order valence-electron chi connectivity index (χ4n) is 3.52. The molecule has 9 heteroatoms. The highest BCUT2D eigenvalue weighted by atomic mass is 19.4. The van der Waals surface area contributed by atoms with Crippen molar-refractivity contribution in [3.05, 3.63) is 65.4 Å². The lowest BCUT2D eigenvalue weighted by atomic mass is 10.1. The van der Waals surface area contributed by atoms with Gasteiger partial charge in [-0.1, -0.05) is 0 Å². The summed E-state index contributed by atoms with van der Waals surface area (Å²) in [6.07, 6.45) is -4.44. The second-order valence-corrected chi connectivity index (χ2v) is 7.19. The molecule has 0 radical (unpaired) electrons. The van der Waals surface area contributed by atoms with Gasteiger partial charge in [0.1, 0.15) is 5.69 Å². The average molecular weight is 416 g/mol.